The van der Waals surface area contributed by atoms with E-state index in [4.69, 9.17) is 4.74 Å². The fourth-order valence-corrected chi connectivity index (χ4v) is 1.97. The molecule has 1 saturated heterocycles. The number of alkyl halides is 6. The van der Waals surface area contributed by atoms with Crippen molar-refractivity contribution >= 4 is 0 Å². The van der Waals surface area contributed by atoms with Crippen LogP contribution < -0.4 is 5.32 Å². The van der Waals surface area contributed by atoms with Gasteiger partial charge < -0.3 is 14.8 Å². The monoisotopic (exact) mass is 309 g/mol. The molecular formula is C11H17F6NO2. The van der Waals surface area contributed by atoms with Crippen LogP contribution in [0.2, 0.25) is 0 Å². The molecule has 1 aliphatic heterocycles. The standard InChI is InChI=1S/C11H17F6NO2/c1-7(8-3-2-5-19-8)18-4-6-20-9(10(12,13)14)11(15,16)17/h7-9,18H,2-6H2,1H3. The number of ether oxygens (including phenoxy) is 2. The quantitative estimate of drug-likeness (QED) is 0.604. The Morgan fingerprint density at radius 2 is 1.80 bits per heavy atom. The molecule has 1 N–H and O–H groups in total. The fourth-order valence-electron chi connectivity index (χ4n) is 1.97. The average molecular weight is 309 g/mol. The molecule has 20 heavy (non-hydrogen) atoms. The molecule has 0 aromatic heterocycles. The van der Waals surface area contributed by atoms with Crippen LogP contribution in [0.1, 0.15) is 19.8 Å². The smallest absolute Gasteiger partial charge is 0.377 e. The molecule has 120 valence electrons. The van der Waals surface area contributed by atoms with E-state index in [-0.39, 0.29) is 18.7 Å². The second-order valence-corrected chi connectivity index (χ2v) is 4.63. The Morgan fingerprint density at radius 3 is 2.25 bits per heavy atom. The van der Waals surface area contributed by atoms with Crippen molar-refractivity contribution in [2.45, 2.75) is 50.4 Å². The zero-order chi connectivity index (χ0) is 15.4. The van der Waals surface area contributed by atoms with E-state index in [1.165, 1.54) is 0 Å². The predicted molar refractivity (Wildman–Crippen MR) is 58.3 cm³/mol. The van der Waals surface area contributed by atoms with Gasteiger partial charge in [0.05, 0.1) is 12.7 Å². The molecule has 0 radical (unpaired) electrons. The molecule has 2 atom stereocenters. The lowest BCUT2D eigenvalue weighted by Crippen LogP contribution is -2.46. The summed E-state index contributed by atoms with van der Waals surface area (Å²) in [6, 6.07) is -0.142. The zero-order valence-electron chi connectivity index (χ0n) is 10.9. The van der Waals surface area contributed by atoms with Gasteiger partial charge >= 0.3 is 12.4 Å². The molecule has 0 saturated carbocycles. The lowest BCUT2D eigenvalue weighted by molar-refractivity contribution is -0.321. The van der Waals surface area contributed by atoms with Crippen LogP contribution in [0.4, 0.5) is 26.3 Å². The van der Waals surface area contributed by atoms with Crippen molar-refractivity contribution in [3.05, 3.63) is 0 Å². The molecule has 0 aliphatic carbocycles. The van der Waals surface area contributed by atoms with Gasteiger partial charge in [-0.1, -0.05) is 0 Å². The molecule has 2 unspecified atom stereocenters. The Labute approximate surface area is 112 Å². The van der Waals surface area contributed by atoms with Gasteiger partial charge in [-0.2, -0.15) is 26.3 Å². The highest BCUT2D eigenvalue weighted by Gasteiger charge is 2.57. The van der Waals surface area contributed by atoms with Crippen LogP contribution in [0, 0.1) is 0 Å². The summed E-state index contributed by atoms with van der Waals surface area (Å²) in [6.45, 7) is 1.60. The van der Waals surface area contributed by atoms with Crippen LogP contribution in [0.25, 0.3) is 0 Å². The van der Waals surface area contributed by atoms with E-state index >= 15 is 0 Å². The molecule has 0 aromatic rings. The van der Waals surface area contributed by atoms with E-state index in [0.29, 0.717) is 6.61 Å². The van der Waals surface area contributed by atoms with Gasteiger partial charge in [0.2, 0.25) is 6.10 Å². The summed E-state index contributed by atoms with van der Waals surface area (Å²) < 4.78 is 82.2. The summed E-state index contributed by atoms with van der Waals surface area (Å²) in [4.78, 5) is 0. The van der Waals surface area contributed by atoms with Gasteiger partial charge in [0.15, 0.2) is 0 Å². The van der Waals surface area contributed by atoms with Crippen LogP contribution in [0.15, 0.2) is 0 Å². The van der Waals surface area contributed by atoms with Crippen LogP contribution in [-0.2, 0) is 9.47 Å². The van der Waals surface area contributed by atoms with Crippen molar-refractivity contribution in [1.82, 2.24) is 5.32 Å². The highest BCUT2D eigenvalue weighted by Crippen LogP contribution is 2.35. The van der Waals surface area contributed by atoms with Gasteiger partial charge in [0, 0.05) is 19.2 Å². The maximum atomic E-state index is 12.2. The van der Waals surface area contributed by atoms with E-state index in [2.05, 4.69) is 10.1 Å². The largest absolute Gasteiger partial charge is 0.423 e. The van der Waals surface area contributed by atoms with Gasteiger partial charge in [-0.15, -0.1) is 0 Å². The Hall–Kier alpha value is -0.540. The second-order valence-electron chi connectivity index (χ2n) is 4.63. The molecule has 9 heteroatoms. The van der Waals surface area contributed by atoms with Crippen molar-refractivity contribution in [3.8, 4) is 0 Å². The first kappa shape index (κ1) is 17.5. The van der Waals surface area contributed by atoms with E-state index in [0.717, 1.165) is 12.8 Å². The van der Waals surface area contributed by atoms with Gasteiger partial charge in [0.25, 0.3) is 0 Å². The van der Waals surface area contributed by atoms with Gasteiger partial charge in [0.1, 0.15) is 0 Å². The number of hydrogen-bond acceptors (Lipinski definition) is 3. The van der Waals surface area contributed by atoms with Crippen molar-refractivity contribution in [2.24, 2.45) is 0 Å². The van der Waals surface area contributed by atoms with E-state index in [9.17, 15) is 26.3 Å². The third-order valence-electron chi connectivity index (χ3n) is 2.97. The second kappa shape index (κ2) is 6.95. The molecule has 0 bridgehead atoms. The summed E-state index contributed by atoms with van der Waals surface area (Å²) >= 11 is 0. The summed E-state index contributed by atoms with van der Waals surface area (Å²) in [5.41, 5.74) is 0. The van der Waals surface area contributed by atoms with Gasteiger partial charge in [-0.05, 0) is 19.8 Å². The Bertz CT molecular complexity index is 274. The Balaban J connectivity index is 2.30. The van der Waals surface area contributed by atoms with Crippen LogP contribution in [-0.4, -0.2) is 50.4 Å². The van der Waals surface area contributed by atoms with Crippen molar-refractivity contribution in [2.75, 3.05) is 19.8 Å². The number of rotatable bonds is 6. The molecule has 1 heterocycles. The topological polar surface area (TPSA) is 30.5 Å². The van der Waals surface area contributed by atoms with Crippen molar-refractivity contribution in [3.63, 3.8) is 0 Å². The van der Waals surface area contributed by atoms with Gasteiger partial charge in [-0.3, -0.25) is 0 Å². The number of nitrogens with one attached hydrogen (secondary N) is 1. The molecule has 0 spiro atoms. The SMILES string of the molecule is CC(NCCOC(C(F)(F)F)C(F)(F)F)C1CCCO1. The van der Waals surface area contributed by atoms with Crippen LogP contribution in [0.5, 0.6) is 0 Å². The molecule has 0 amide bonds. The number of hydrogen-bond donors (Lipinski definition) is 1. The molecule has 1 rings (SSSR count). The minimum absolute atomic E-state index is 0.0592. The molecular weight excluding hydrogens is 292 g/mol. The average Bonchev–Trinajstić information content (AvgIpc) is 2.77. The Kier molecular flexibility index (Phi) is 6.08. The molecule has 1 fully saturated rings. The summed E-state index contributed by atoms with van der Waals surface area (Å²) in [5.74, 6) is 0. The van der Waals surface area contributed by atoms with E-state index in [1.54, 1.807) is 6.92 Å². The van der Waals surface area contributed by atoms with Gasteiger partial charge in [-0.25, -0.2) is 0 Å². The van der Waals surface area contributed by atoms with Crippen LogP contribution in [0.3, 0.4) is 0 Å². The molecule has 1 aliphatic rings. The minimum Gasteiger partial charge on any atom is -0.377 e. The minimum atomic E-state index is -5.46. The fraction of sp³-hybridized carbons (Fsp3) is 1.00. The summed E-state index contributed by atoms with van der Waals surface area (Å²) in [7, 11) is 0. The highest BCUT2D eigenvalue weighted by molar-refractivity contribution is 4.78. The maximum absolute atomic E-state index is 12.2. The predicted octanol–water partition coefficient (Wildman–Crippen LogP) is 2.65. The normalized spacial score (nSPS) is 22.5. The van der Waals surface area contributed by atoms with Crippen molar-refractivity contribution in [1.29, 1.82) is 0 Å². The first-order chi connectivity index (χ1) is 9.12. The third kappa shape index (κ3) is 5.45. The first-order valence-corrected chi connectivity index (χ1v) is 6.22. The molecule has 3 nitrogen and oxygen atoms in total. The van der Waals surface area contributed by atoms with Crippen LogP contribution >= 0.6 is 0 Å². The van der Waals surface area contributed by atoms with Crippen molar-refractivity contribution < 1.29 is 35.8 Å². The summed E-state index contributed by atoms with van der Waals surface area (Å²) in [6.07, 6.45) is -13.0. The highest BCUT2D eigenvalue weighted by atomic mass is 19.4. The zero-order valence-corrected chi connectivity index (χ0v) is 10.9. The lowest BCUT2D eigenvalue weighted by atomic mass is 10.1. The first-order valence-electron chi connectivity index (χ1n) is 6.22. The molecule has 0 aromatic carbocycles. The number of halogens is 6. The summed E-state index contributed by atoms with van der Waals surface area (Å²) in [5, 5.41) is 2.80. The lowest BCUT2D eigenvalue weighted by Gasteiger charge is -2.24. The third-order valence-corrected chi connectivity index (χ3v) is 2.97. The van der Waals surface area contributed by atoms with E-state index < -0.39 is 25.1 Å². The maximum Gasteiger partial charge on any atom is 0.423 e. The Morgan fingerprint density at radius 1 is 1.20 bits per heavy atom. The van der Waals surface area contributed by atoms with E-state index in [1.807, 2.05) is 0 Å².